The Labute approximate surface area is 98.1 Å². The van der Waals surface area contributed by atoms with Gasteiger partial charge in [0.2, 0.25) is 0 Å². The van der Waals surface area contributed by atoms with Crippen molar-refractivity contribution in [3.63, 3.8) is 0 Å². The maximum Gasteiger partial charge on any atom is 0.156 e. The zero-order valence-corrected chi connectivity index (χ0v) is 9.81. The normalized spacial score (nSPS) is 10.6. The highest BCUT2D eigenvalue weighted by Crippen LogP contribution is 2.19. The second kappa shape index (κ2) is 4.98. The summed E-state index contributed by atoms with van der Waals surface area (Å²) in [5, 5.41) is 0.792. The van der Waals surface area contributed by atoms with E-state index in [-0.39, 0.29) is 0 Å². The highest BCUT2D eigenvalue weighted by Gasteiger charge is 2.02. The van der Waals surface area contributed by atoms with Crippen LogP contribution in [0.2, 0.25) is 0 Å². The van der Waals surface area contributed by atoms with E-state index < -0.39 is 0 Å². The molecule has 0 amide bonds. The fraction of sp³-hybridized carbons (Fsp3) is 0.300. The van der Waals surface area contributed by atoms with Crippen molar-refractivity contribution >= 4 is 17.6 Å². The number of nitrogens with two attached hydrogens (primary N) is 1. The first-order valence-electron chi connectivity index (χ1n) is 4.94. The lowest BCUT2D eigenvalue weighted by Crippen LogP contribution is -2.02. The van der Waals surface area contributed by atoms with E-state index in [1.807, 2.05) is 13.1 Å². The van der Waals surface area contributed by atoms with Crippen LogP contribution in [0.15, 0.2) is 29.8 Å². The number of hydrogen-bond acceptors (Lipinski definition) is 5. The fourth-order valence-electron chi connectivity index (χ4n) is 1.33. The minimum absolute atomic E-state index is 0.495. The van der Waals surface area contributed by atoms with Crippen molar-refractivity contribution in [2.24, 2.45) is 0 Å². The zero-order chi connectivity index (χ0) is 11.4. The van der Waals surface area contributed by atoms with E-state index in [9.17, 15) is 0 Å². The Hall–Kier alpha value is -1.56. The standard InChI is InChI=1S/C10H13N5S/c1-8-12-4-5-15(8)6-7-16-10-9(11)13-2-3-14-10/h2-5H,6-7H2,1H3,(H2,11,13). The van der Waals surface area contributed by atoms with Crippen LogP contribution in [-0.2, 0) is 6.54 Å². The smallest absolute Gasteiger partial charge is 0.156 e. The Balaban J connectivity index is 1.89. The first-order valence-corrected chi connectivity index (χ1v) is 5.93. The number of rotatable bonds is 4. The van der Waals surface area contributed by atoms with Gasteiger partial charge in [-0.15, -0.1) is 11.8 Å². The van der Waals surface area contributed by atoms with Crippen LogP contribution in [0.3, 0.4) is 0 Å². The molecule has 2 heterocycles. The Bertz CT molecular complexity index is 468. The van der Waals surface area contributed by atoms with Gasteiger partial charge in [-0.3, -0.25) is 0 Å². The Morgan fingerprint density at radius 1 is 1.25 bits per heavy atom. The van der Waals surface area contributed by atoms with Crippen molar-refractivity contribution < 1.29 is 0 Å². The van der Waals surface area contributed by atoms with Crippen molar-refractivity contribution in [3.05, 3.63) is 30.6 Å². The summed E-state index contributed by atoms with van der Waals surface area (Å²) >= 11 is 1.61. The predicted octanol–water partition coefficient (Wildman–Crippen LogP) is 1.36. The maximum atomic E-state index is 5.70. The monoisotopic (exact) mass is 235 g/mol. The van der Waals surface area contributed by atoms with Gasteiger partial charge in [-0.25, -0.2) is 15.0 Å². The molecule has 16 heavy (non-hydrogen) atoms. The minimum Gasteiger partial charge on any atom is -0.381 e. The lowest BCUT2D eigenvalue weighted by Gasteiger charge is -2.05. The molecule has 0 spiro atoms. The van der Waals surface area contributed by atoms with Gasteiger partial charge in [0.1, 0.15) is 10.9 Å². The van der Waals surface area contributed by atoms with Gasteiger partial charge >= 0.3 is 0 Å². The van der Waals surface area contributed by atoms with E-state index in [2.05, 4.69) is 19.5 Å². The molecule has 0 aliphatic heterocycles. The van der Waals surface area contributed by atoms with E-state index in [1.54, 1.807) is 30.4 Å². The minimum atomic E-state index is 0.495. The molecule has 0 aliphatic carbocycles. The van der Waals surface area contributed by atoms with Gasteiger partial charge in [0, 0.05) is 37.1 Å². The Morgan fingerprint density at radius 2 is 2.06 bits per heavy atom. The SMILES string of the molecule is Cc1nccn1CCSc1nccnc1N. The highest BCUT2D eigenvalue weighted by atomic mass is 32.2. The number of aromatic nitrogens is 4. The van der Waals surface area contributed by atoms with Crippen LogP contribution in [0.25, 0.3) is 0 Å². The highest BCUT2D eigenvalue weighted by molar-refractivity contribution is 7.99. The van der Waals surface area contributed by atoms with Gasteiger partial charge < -0.3 is 10.3 Å². The second-order valence-electron chi connectivity index (χ2n) is 3.26. The number of nitrogen functional groups attached to an aromatic ring is 1. The van der Waals surface area contributed by atoms with Crippen molar-refractivity contribution in [1.29, 1.82) is 0 Å². The molecule has 0 radical (unpaired) electrons. The summed E-state index contributed by atoms with van der Waals surface area (Å²) in [6.07, 6.45) is 7.02. The second-order valence-corrected chi connectivity index (χ2v) is 4.35. The summed E-state index contributed by atoms with van der Waals surface area (Å²) in [6.45, 7) is 2.88. The molecule has 0 unspecified atom stereocenters. The quantitative estimate of drug-likeness (QED) is 0.810. The average molecular weight is 235 g/mol. The van der Waals surface area contributed by atoms with Crippen LogP contribution >= 0.6 is 11.8 Å². The van der Waals surface area contributed by atoms with Crippen molar-refractivity contribution in [2.75, 3.05) is 11.5 Å². The summed E-state index contributed by atoms with van der Waals surface area (Å²) in [5.74, 6) is 2.42. The van der Waals surface area contributed by atoms with Gasteiger partial charge in [-0.2, -0.15) is 0 Å². The third kappa shape index (κ3) is 2.52. The molecular formula is C10H13N5S. The molecule has 5 nitrogen and oxygen atoms in total. The molecule has 2 aromatic heterocycles. The van der Waals surface area contributed by atoms with Gasteiger partial charge in [0.15, 0.2) is 5.82 Å². The number of hydrogen-bond donors (Lipinski definition) is 1. The lowest BCUT2D eigenvalue weighted by molar-refractivity contribution is 0.737. The van der Waals surface area contributed by atoms with Crippen LogP contribution in [0, 0.1) is 6.92 Å². The van der Waals surface area contributed by atoms with Crippen molar-refractivity contribution in [1.82, 2.24) is 19.5 Å². The first-order chi connectivity index (χ1) is 7.77. The van der Waals surface area contributed by atoms with E-state index >= 15 is 0 Å². The Morgan fingerprint density at radius 3 is 2.75 bits per heavy atom. The molecule has 0 aliphatic rings. The van der Waals surface area contributed by atoms with Crippen molar-refractivity contribution in [3.8, 4) is 0 Å². The first kappa shape index (κ1) is 10.9. The van der Waals surface area contributed by atoms with Crippen LogP contribution in [-0.4, -0.2) is 25.3 Å². The molecule has 2 rings (SSSR count). The van der Waals surface area contributed by atoms with Crippen LogP contribution < -0.4 is 5.73 Å². The fourth-order valence-corrected chi connectivity index (χ4v) is 2.15. The van der Waals surface area contributed by atoms with E-state index in [0.29, 0.717) is 5.82 Å². The third-order valence-electron chi connectivity index (χ3n) is 2.19. The molecule has 0 aromatic carbocycles. The third-order valence-corrected chi connectivity index (χ3v) is 3.16. The number of nitrogens with zero attached hydrogens (tertiary/aromatic N) is 4. The van der Waals surface area contributed by atoms with Gasteiger partial charge in [-0.1, -0.05) is 0 Å². The molecule has 0 saturated carbocycles. The zero-order valence-electron chi connectivity index (χ0n) is 9.00. The molecule has 2 aromatic rings. The van der Waals surface area contributed by atoms with Crippen LogP contribution in [0.5, 0.6) is 0 Å². The number of imidazole rings is 1. The molecule has 0 saturated heterocycles. The van der Waals surface area contributed by atoms with E-state index in [1.165, 1.54) is 0 Å². The maximum absolute atomic E-state index is 5.70. The topological polar surface area (TPSA) is 69.6 Å². The summed E-state index contributed by atoms with van der Waals surface area (Å²) in [4.78, 5) is 12.3. The number of thioether (sulfide) groups is 1. The molecule has 84 valence electrons. The molecular weight excluding hydrogens is 222 g/mol. The predicted molar refractivity (Wildman–Crippen MR) is 64.1 cm³/mol. The molecule has 0 bridgehead atoms. The Kier molecular flexibility index (Phi) is 3.40. The molecule has 2 N–H and O–H groups in total. The largest absolute Gasteiger partial charge is 0.381 e. The van der Waals surface area contributed by atoms with Crippen LogP contribution in [0.1, 0.15) is 5.82 Å². The summed E-state index contributed by atoms with van der Waals surface area (Å²) in [7, 11) is 0. The number of aryl methyl sites for hydroxylation is 2. The van der Waals surface area contributed by atoms with Crippen LogP contribution in [0.4, 0.5) is 5.82 Å². The van der Waals surface area contributed by atoms with E-state index in [4.69, 9.17) is 5.73 Å². The van der Waals surface area contributed by atoms with E-state index in [0.717, 1.165) is 23.1 Å². The summed E-state index contributed by atoms with van der Waals surface area (Å²) < 4.78 is 2.10. The summed E-state index contributed by atoms with van der Waals surface area (Å²) in [6, 6.07) is 0. The molecule has 0 atom stereocenters. The van der Waals surface area contributed by atoms with Gasteiger partial charge in [0.05, 0.1) is 0 Å². The van der Waals surface area contributed by atoms with Gasteiger partial charge in [-0.05, 0) is 6.92 Å². The molecule has 6 heteroatoms. The number of anilines is 1. The summed E-state index contributed by atoms with van der Waals surface area (Å²) in [5.41, 5.74) is 5.70. The van der Waals surface area contributed by atoms with Crippen molar-refractivity contribution in [2.45, 2.75) is 18.5 Å². The average Bonchev–Trinajstić information content (AvgIpc) is 2.67. The lowest BCUT2D eigenvalue weighted by atomic mass is 10.6. The molecule has 0 fully saturated rings. The van der Waals surface area contributed by atoms with Gasteiger partial charge in [0.25, 0.3) is 0 Å².